The zero-order valence-corrected chi connectivity index (χ0v) is 18.0. The highest BCUT2D eigenvalue weighted by atomic mass is 35.5. The maximum atomic E-state index is 10.4. The fourth-order valence-corrected chi connectivity index (χ4v) is 3.34. The largest absolute Gasteiger partial charge is 0.388 e. The number of imidazole rings is 1. The number of aliphatic hydroxyl groups excluding tert-OH is 2. The number of anilines is 1. The van der Waals surface area contributed by atoms with Gasteiger partial charge in [0, 0.05) is 12.3 Å². The highest BCUT2D eigenvalue weighted by molar-refractivity contribution is 7.98. The summed E-state index contributed by atoms with van der Waals surface area (Å²) in [5, 5.41) is 23.7. The van der Waals surface area contributed by atoms with Gasteiger partial charge < -0.3 is 15.5 Å². The second-order valence-corrected chi connectivity index (χ2v) is 7.19. The van der Waals surface area contributed by atoms with Crippen LogP contribution in [-0.4, -0.2) is 47.8 Å². The molecule has 3 aromatic rings. The van der Waals surface area contributed by atoms with Gasteiger partial charge in [-0.25, -0.2) is 4.98 Å². The third kappa shape index (κ3) is 5.35. The number of aryl methyl sites for hydroxylation is 1. The standard InChI is InChI=1S/C17H20ClN5O2S.C2H6/c1-10-4-3-5-11(6-10)7-19-14-13-15(22-17(18)21-14)23(9-20-13)16(25)12(24)8-26-2;1-2/h3-6,9,12,16,24-25H,7-8H2,1-2H3,(H,19,21,22);1-2H3. The molecular weight excluding hydrogens is 398 g/mol. The lowest BCUT2D eigenvalue weighted by atomic mass is 10.1. The minimum absolute atomic E-state index is 0.0394. The van der Waals surface area contributed by atoms with E-state index in [2.05, 4.69) is 26.3 Å². The van der Waals surface area contributed by atoms with Crippen LogP contribution in [0, 0.1) is 6.92 Å². The van der Waals surface area contributed by atoms with Crippen LogP contribution in [0.25, 0.3) is 11.2 Å². The van der Waals surface area contributed by atoms with Crippen LogP contribution in [-0.2, 0) is 6.54 Å². The molecular formula is C19H26ClN5O2S. The molecule has 0 saturated heterocycles. The molecule has 0 aliphatic rings. The molecule has 9 heteroatoms. The molecule has 0 aliphatic heterocycles. The molecule has 152 valence electrons. The predicted molar refractivity (Wildman–Crippen MR) is 116 cm³/mol. The summed E-state index contributed by atoms with van der Waals surface area (Å²) in [4.78, 5) is 12.7. The van der Waals surface area contributed by atoms with E-state index in [1.807, 2.05) is 45.2 Å². The van der Waals surface area contributed by atoms with Crippen LogP contribution >= 0.6 is 23.4 Å². The van der Waals surface area contributed by atoms with E-state index in [-0.39, 0.29) is 5.28 Å². The normalized spacial score (nSPS) is 13.0. The van der Waals surface area contributed by atoms with Crippen LogP contribution in [0.2, 0.25) is 5.28 Å². The zero-order valence-electron chi connectivity index (χ0n) is 16.4. The summed E-state index contributed by atoms with van der Waals surface area (Å²) >= 11 is 7.49. The van der Waals surface area contributed by atoms with Crippen LogP contribution in [0.5, 0.6) is 0 Å². The molecule has 0 saturated carbocycles. The molecule has 0 aliphatic carbocycles. The Morgan fingerprint density at radius 2 is 2.00 bits per heavy atom. The van der Waals surface area contributed by atoms with E-state index in [0.29, 0.717) is 29.3 Å². The average Bonchev–Trinajstić information content (AvgIpc) is 3.11. The summed E-state index contributed by atoms with van der Waals surface area (Å²) in [6.07, 6.45) is 1.18. The topological polar surface area (TPSA) is 96.1 Å². The molecule has 28 heavy (non-hydrogen) atoms. The maximum absolute atomic E-state index is 10.4. The minimum atomic E-state index is -1.16. The Bertz CT molecular complexity index is 905. The number of halogens is 1. The summed E-state index contributed by atoms with van der Waals surface area (Å²) in [7, 11) is 0. The van der Waals surface area contributed by atoms with Crippen molar-refractivity contribution in [1.82, 2.24) is 19.5 Å². The number of nitrogens with one attached hydrogen (secondary N) is 1. The first-order valence-electron chi connectivity index (χ1n) is 9.04. The average molecular weight is 424 g/mol. The second-order valence-electron chi connectivity index (χ2n) is 5.94. The number of thioether (sulfide) groups is 1. The van der Waals surface area contributed by atoms with Crippen molar-refractivity contribution >= 4 is 40.3 Å². The SMILES string of the molecule is CC.CSCC(O)C(O)n1cnc2c(NCc3cccc(C)c3)nc(Cl)nc21. The first-order chi connectivity index (χ1) is 13.5. The first kappa shape index (κ1) is 22.4. The van der Waals surface area contributed by atoms with E-state index in [1.54, 1.807) is 0 Å². The number of hydrogen-bond acceptors (Lipinski definition) is 7. The van der Waals surface area contributed by atoms with Crippen LogP contribution in [0.15, 0.2) is 30.6 Å². The van der Waals surface area contributed by atoms with E-state index in [4.69, 9.17) is 11.6 Å². The molecule has 7 nitrogen and oxygen atoms in total. The predicted octanol–water partition coefficient (Wildman–Crippen LogP) is 3.64. The Balaban J connectivity index is 0.00000136. The van der Waals surface area contributed by atoms with Crippen molar-refractivity contribution in [3.63, 3.8) is 0 Å². The van der Waals surface area contributed by atoms with Crippen molar-refractivity contribution < 1.29 is 10.2 Å². The van der Waals surface area contributed by atoms with Crippen molar-refractivity contribution in [2.45, 2.75) is 39.6 Å². The lowest BCUT2D eigenvalue weighted by molar-refractivity contribution is -0.0128. The number of hydrogen-bond donors (Lipinski definition) is 3. The van der Waals surface area contributed by atoms with Crippen LogP contribution < -0.4 is 5.32 Å². The number of aromatic nitrogens is 4. The van der Waals surface area contributed by atoms with Crippen molar-refractivity contribution in [1.29, 1.82) is 0 Å². The lowest BCUT2D eigenvalue weighted by Crippen LogP contribution is -2.25. The van der Waals surface area contributed by atoms with Gasteiger partial charge in [-0.1, -0.05) is 43.7 Å². The molecule has 2 atom stereocenters. The Morgan fingerprint density at radius 3 is 2.68 bits per heavy atom. The lowest BCUT2D eigenvalue weighted by Gasteiger charge is -2.18. The Hall–Kier alpha value is -1.87. The maximum Gasteiger partial charge on any atom is 0.226 e. The Kier molecular flexibility index (Phi) is 8.50. The van der Waals surface area contributed by atoms with Gasteiger partial charge in [0.15, 0.2) is 23.2 Å². The fraction of sp³-hybridized carbons (Fsp3) is 0.421. The van der Waals surface area contributed by atoms with Crippen LogP contribution in [0.1, 0.15) is 31.2 Å². The molecule has 3 rings (SSSR count). The molecule has 0 bridgehead atoms. The van der Waals surface area contributed by atoms with Gasteiger partial charge in [0.05, 0.1) is 6.33 Å². The highest BCUT2D eigenvalue weighted by Crippen LogP contribution is 2.25. The van der Waals surface area contributed by atoms with E-state index in [1.165, 1.54) is 28.2 Å². The quantitative estimate of drug-likeness (QED) is 0.499. The number of benzene rings is 1. The second kappa shape index (κ2) is 10.6. The molecule has 0 radical (unpaired) electrons. The van der Waals surface area contributed by atoms with Crippen LogP contribution in [0.3, 0.4) is 0 Å². The number of aliphatic hydroxyl groups is 2. The monoisotopic (exact) mass is 423 g/mol. The van der Waals surface area contributed by atoms with Gasteiger partial charge >= 0.3 is 0 Å². The summed E-state index contributed by atoms with van der Waals surface area (Å²) in [6.45, 7) is 6.58. The van der Waals surface area contributed by atoms with E-state index >= 15 is 0 Å². The third-order valence-electron chi connectivity index (χ3n) is 3.90. The van der Waals surface area contributed by atoms with Gasteiger partial charge in [-0.2, -0.15) is 21.7 Å². The van der Waals surface area contributed by atoms with Crippen molar-refractivity contribution in [2.75, 3.05) is 17.3 Å². The van der Waals surface area contributed by atoms with Crippen molar-refractivity contribution in [3.8, 4) is 0 Å². The Morgan fingerprint density at radius 1 is 1.25 bits per heavy atom. The minimum Gasteiger partial charge on any atom is -0.388 e. The third-order valence-corrected chi connectivity index (χ3v) is 4.75. The molecule has 3 N–H and O–H groups in total. The molecule has 2 unspecified atom stereocenters. The number of rotatable bonds is 7. The zero-order chi connectivity index (χ0) is 20.7. The molecule has 1 aromatic carbocycles. The van der Waals surface area contributed by atoms with Gasteiger partial charge in [-0.05, 0) is 30.3 Å². The molecule has 2 heterocycles. The molecule has 0 spiro atoms. The summed E-state index contributed by atoms with van der Waals surface area (Å²) in [5.74, 6) is 0.866. The van der Waals surface area contributed by atoms with E-state index in [9.17, 15) is 10.2 Å². The van der Waals surface area contributed by atoms with Gasteiger partial charge in [0.25, 0.3) is 0 Å². The van der Waals surface area contributed by atoms with Crippen LogP contribution in [0.4, 0.5) is 5.82 Å². The van der Waals surface area contributed by atoms with Gasteiger partial charge in [-0.15, -0.1) is 0 Å². The van der Waals surface area contributed by atoms with E-state index in [0.717, 1.165) is 5.56 Å². The smallest absolute Gasteiger partial charge is 0.226 e. The van der Waals surface area contributed by atoms with Crippen molar-refractivity contribution in [3.05, 3.63) is 47.0 Å². The fourth-order valence-electron chi connectivity index (χ4n) is 2.66. The summed E-state index contributed by atoms with van der Waals surface area (Å²) < 4.78 is 1.40. The highest BCUT2D eigenvalue weighted by Gasteiger charge is 2.22. The summed E-state index contributed by atoms with van der Waals surface area (Å²) in [6, 6.07) is 8.12. The molecule has 2 aromatic heterocycles. The first-order valence-corrected chi connectivity index (χ1v) is 10.8. The van der Waals surface area contributed by atoms with Gasteiger partial charge in [0.1, 0.15) is 6.10 Å². The Labute approximate surface area is 174 Å². The van der Waals surface area contributed by atoms with Gasteiger partial charge in [-0.3, -0.25) is 4.57 Å². The van der Waals surface area contributed by atoms with Gasteiger partial charge in [0.2, 0.25) is 5.28 Å². The number of fused-ring (bicyclic) bond motifs is 1. The molecule has 0 fully saturated rings. The number of nitrogens with zero attached hydrogens (tertiary/aromatic N) is 4. The van der Waals surface area contributed by atoms with Crippen molar-refractivity contribution in [2.24, 2.45) is 0 Å². The van der Waals surface area contributed by atoms with E-state index < -0.39 is 12.3 Å². The summed E-state index contributed by atoms with van der Waals surface area (Å²) in [5.41, 5.74) is 3.12. The molecule has 0 amide bonds.